The summed E-state index contributed by atoms with van der Waals surface area (Å²) in [5.41, 5.74) is 5.37. The molecule has 234 valence electrons. The highest BCUT2D eigenvalue weighted by atomic mass is 16.3. The standard InChI is InChI=1S/C49H32O/c1-3-14-32(15-4-1)30-46-37-20-9-11-22-41(37)48(42-23-12-10-21-38(42)46)43-29-28-39(35-18-7-8-19-36(35)43)44-24-13-25-45-40-27-26-34(31-47(40)50-49(44)45)33-16-5-2-6-17-33/h1-29,31H,30H2/i1D,3D,4D,9D,10D,11D,12D,14D,15D,20D,21D,22D,23D. The lowest BCUT2D eigenvalue weighted by Gasteiger charge is -2.19. The lowest BCUT2D eigenvalue weighted by Crippen LogP contribution is -1.96. The van der Waals surface area contributed by atoms with E-state index in [-0.39, 0.29) is 38.2 Å². The number of hydrogen-bond donors (Lipinski definition) is 0. The lowest BCUT2D eigenvalue weighted by molar-refractivity contribution is 0.670. The Morgan fingerprint density at radius 3 is 1.78 bits per heavy atom. The Bertz CT molecular complexity index is 3520. The third kappa shape index (κ3) is 4.55. The van der Waals surface area contributed by atoms with Crippen molar-refractivity contribution in [1.82, 2.24) is 0 Å². The first-order chi connectivity index (χ1) is 30.2. The van der Waals surface area contributed by atoms with Crippen molar-refractivity contribution in [3.63, 3.8) is 0 Å². The monoisotopic (exact) mass is 649 g/mol. The number of furan rings is 1. The topological polar surface area (TPSA) is 13.1 Å². The van der Waals surface area contributed by atoms with Gasteiger partial charge in [0.2, 0.25) is 0 Å². The quantitative estimate of drug-likeness (QED) is 0.169. The zero-order valence-electron chi connectivity index (χ0n) is 39.4. The molecule has 0 aliphatic heterocycles. The molecular weight excluding hydrogens is 605 g/mol. The van der Waals surface area contributed by atoms with E-state index in [4.69, 9.17) is 16.8 Å². The van der Waals surface area contributed by atoms with Gasteiger partial charge in [-0.25, -0.2) is 0 Å². The van der Waals surface area contributed by atoms with E-state index in [0.29, 0.717) is 22.1 Å². The van der Waals surface area contributed by atoms with Gasteiger partial charge in [-0.15, -0.1) is 0 Å². The third-order valence-corrected chi connectivity index (χ3v) is 9.47. The molecule has 50 heavy (non-hydrogen) atoms. The van der Waals surface area contributed by atoms with Gasteiger partial charge in [-0.3, -0.25) is 0 Å². The summed E-state index contributed by atoms with van der Waals surface area (Å²) in [5, 5.41) is 2.96. The summed E-state index contributed by atoms with van der Waals surface area (Å²) in [6, 6.07) is 26.1. The molecule has 1 heterocycles. The minimum atomic E-state index is -0.619. The van der Waals surface area contributed by atoms with E-state index in [0.717, 1.165) is 38.4 Å². The van der Waals surface area contributed by atoms with Crippen LogP contribution >= 0.6 is 0 Å². The molecular formula is C49H32O. The van der Waals surface area contributed by atoms with Crippen LogP contribution in [-0.4, -0.2) is 0 Å². The molecule has 0 bridgehead atoms. The number of benzene rings is 9. The molecule has 0 spiro atoms. The van der Waals surface area contributed by atoms with Crippen LogP contribution in [0.3, 0.4) is 0 Å². The van der Waals surface area contributed by atoms with Crippen molar-refractivity contribution in [3.8, 4) is 33.4 Å². The molecule has 0 fully saturated rings. The van der Waals surface area contributed by atoms with Crippen molar-refractivity contribution < 1.29 is 22.2 Å². The summed E-state index contributed by atoms with van der Waals surface area (Å²) in [7, 11) is 0. The van der Waals surface area contributed by atoms with Gasteiger partial charge in [0, 0.05) is 16.3 Å². The molecule has 9 aromatic carbocycles. The summed E-state index contributed by atoms with van der Waals surface area (Å²) in [5.74, 6) is 0. The summed E-state index contributed by atoms with van der Waals surface area (Å²) in [6.07, 6.45) is -0.499. The number of fused-ring (bicyclic) bond motifs is 6. The van der Waals surface area contributed by atoms with Gasteiger partial charge in [-0.1, -0.05) is 170 Å². The minimum Gasteiger partial charge on any atom is -0.455 e. The lowest BCUT2D eigenvalue weighted by atomic mass is 9.84. The normalized spacial score (nSPS) is 15.3. The van der Waals surface area contributed by atoms with Gasteiger partial charge in [0.15, 0.2) is 0 Å². The molecule has 0 aliphatic carbocycles. The van der Waals surface area contributed by atoms with Crippen molar-refractivity contribution in [3.05, 3.63) is 193 Å². The van der Waals surface area contributed by atoms with Crippen molar-refractivity contribution in [2.24, 2.45) is 0 Å². The molecule has 1 nitrogen and oxygen atoms in total. The van der Waals surface area contributed by atoms with Gasteiger partial charge >= 0.3 is 0 Å². The van der Waals surface area contributed by atoms with E-state index in [1.165, 1.54) is 0 Å². The molecule has 0 atom stereocenters. The van der Waals surface area contributed by atoms with Crippen LogP contribution in [0.1, 0.15) is 28.9 Å². The maximum Gasteiger partial charge on any atom is 0.143 e. The van der Waals surface area contributed by atoms with Gasteiger partial charge in [0.05, 0.1) is 17.8 Å². The molecule has 10 rings (SSSR count). The fraction of sp³-hybridized carbons (Fsp3) is 0.0204. The van der Waals surface area contributed by atoms with E-state index in [1.54, 1.807) is 6.07 Å². The van der Waals surface area contributed by atoms with Gasteiger partial charge < -0.3 is 4.42 Å². The highest BCUT2D eigenvalue weighted by molar-refractivity contribution is 6.21. The fourth-order valence-electron chi connectivity index (χ4n) is 7.26. The first-order valence-corrected chi connectivity index (χ1v) is 16.2. The maximum atomic E-state index is 9.41. The zero-order chi connectivity index (χ0) is 44.3. The van der Waals surface area contributed by atoms with Crippen LogP contribution < -0.4 is 0 Å². The Hall–Kier alpha value is -6.44. The number of para-hydroxylation sites is 1. The molecule has 1 aromatic heterocycles. The molecule has 0 saturated carbocycles. The van der Waals surface area contributed by atoms with Crippen molar-refractivity contribution in [2.75, 3.05) is 0 Å². The SMILES string of the molecule is [2H]c1c([2H])c([2H])c(Cc2c3c([2H])c([2H])c([2H])c([2H])c3c(-c3ccc(-c4cccc5c4oc4cc(-c6ccccc6)ccc45)c4ccccc34)c3c([2H])c([2H])c([2H])c([2H])c23)c([2H])c1[2H]. The smallest absolute Gasteiger partial charge is 0.143 e. The van der Waals surface area contributed by atoms with Gasteiger partial charge in [-0.2, -0.15) is 0 Å². The average Bonchev–Trinajstić information content (AvgIpc) is 3.69. The molecule has 0 saturated heterocycles. The summed E-state index contributed by atoms with van der Waals surface area (Å²) >= 11 is 0. The van der Waals surface area contributed by atoms with Gasteiger partial charge in [0.1, 0.15) is 11.2 Å². The van der Waals surface area contributed by atoms with Crippen LogP contribution in [0, 0.1) is 0 Å². The second-order valence-corrected chi connectivity index (χ2v) is 12.2. The maximum absolute atomic E-state index is 9.41. The molecule has 0 radical (unpaired) electrons. The van der Waals surface area contributed by atoms with Crippen LogP contribution in [0.5, 0.6) is 0 Å². The Labute approximate surface area is 308 Å². The minimum absolute atomic E-state index is 0.0193. The average molecular weight is 650 g/mol. The Kier molecular flexibility index (Phi) is 4.26. The molecule has 10 aromatic rings. The summed E-state index contributed by atoms with van der Waals surface area (Å²) in [6.45, 7) is 0. The highest BCUT2D eigenvalue weighted by Gasteiger charge is 2.20. The second kappa shape index (κ2) is 11.6. The predicted molar refractivity (Wildman–Crippen MR) is 212 cm³/mol. The second-order valence-electron chi connectivity index (χ2n) is 12.2. The van der Waals surface area contributed by atoms with Crippen LogP contribution in [0.2, 0.25) is 0 Å². The summed E-state index contributed by atoms with van der Waals surface area (Å²) in [4.78, 5) is 0. The Balaban J connectivity index is 1.31. The van der Waals surface area contributed by atoms with E-state index in [2.05, 4.69) is 12.1 Å². The van der Waals surface area contributed by atoms with Crippen LogP contribution in [0.15, 0.2) is 186 Å². The van der Waals surface area contributed by atoms with E-state index in [1.807, 2.05) is 84.9 Å². The van der Waals surface area contributed by atoms with Crippen LogP contribution in [0.4, 0.5) is 0 Å². The molecule has 0 N–H and O–H groups in total. The molecule has 0 amide bonds. The number of hydrogen-bond acceptors (Lipinski definition) is 1. The number of rotatable bonds is 5. The highest BCUT2D eigenvalue weighted by Crippen LogP contribution is 2.45. The fourth-order valence-corrected chi connectivity index (χ4v) is 7.26. The van der Waals surface area contributed by atoms with Crippen molar-refractivity contribution in [1.29, 1.82) is 0 Å². The molecule has 0 unspecified atom stereocenters. The Morgan fingerprint density at radius 2 is 1.04 bits per heavy atom. The predicted octanol–water partition coefficient (Wildman–Crippen LogP) is 13.6. The largest absolute Gasteiger partial charge is 0.455 e. The molecule has 1 heteroatoms. The van der Waals surface area contributed by atoms with Gasteiger partial charge in [0.25, 0.3) is 0 Å². The first-order valence-electron chi connectivity index (χ1n) is 22.7. The third-order valence-electron chi connectivity index (χ3n) is 9.47. The van der Waals surface area contributed by atoms with E-state index >= 15 is 0 Å². The first kappa shape index (κ1) is 18.4. The van der Waals surface area contributed by atoms with Crippen molar-refractivity contribution >= 4 is 54.3 Å². The van der Waals surface area contributed by atoms with Crippen LogP contribution in [-0.2, 0) is 6.42 Å². The summed E-state index contributed by atoms with van der Waals surface area (Å²) < 4.78 is 122. The zero-order valence-corrected chi connectivity index (χ0v) is 26.4. The van der Waals surface area contributed by atoms with E-state index in [9.17, 15) is 5.48 Å². The van der Waals surface area contributed by atoms with E-state index < -0.39 is 85.0 Å². The van der Waals surface area contributed by atoms with Gasteiger partial charge in [-0.05, 0) is 89.8 Å². The molecule has 0 aliphatic rings. The van der Waals surface area contributed by atoms with Crippen molar-refractivity contribution in [2.45, 2.75) is 6.42 Å². The Morgan fingerprint density at radius 1 is 0.420 bits per heavy atom. The van der Waals surface area contributed by atoms with Crippen LogP contribution in [0.25, 0.3) is 87.6 Å².